The minimum atomic E-state index is -1.45. The zero-order valence-electron chi connectivity index (χ0n) is 12.3. The van der Waals surface area contributed by atoms with E-state index in [-0.39, 0.29) is 31.9 Å². The third kappa shape index (κ3) is 5.83. The van der Waals surface area contributed by atoms with Gasteiger partial charge in [0.1, 0.15) is 5.75 Å². The topological polar surface area (TPSA) is 95.9 Å². The molecule has 0 saturated carbocycles. The summed E-state index contributed by atoms with van der Waals surface area (Å²) in [4.78, 5) is 21.9. The Hall–Kier alpha value is -2.08. The molecule has 0 heterocycles. The highest BCUT2D eigenvalue weighted by Crippen LogP contribution is 2.20. The van der Waals surface area contributed by atoms with Crippen molar-refractivity contribution in [3.8, 4) is 5.75 Å². The van der Waals surface area contributed by atoms with Crippen LogP contribution in [0.2, 0.25) is 0 Å². The largest absolute Gasteiger partial charge is 0.493 e. The molecule has 0 aliphatic rings. The normalized spacial score (nSPS) is 11.8. The predicted molar refractivity (Wildman–Crippen MR) is 77.3 cm³/mol. The van der Waals surface area contributed by atoms with Crippen molar-refractivity contribution in [2.45, 2.75) is 32.8 Å². The van der Waals surface area contributed by atoms with Crippen LogP contribution in [0.3, 0.4) is 0 Å². The van der Waals surface area contributed by atoms with Gasteiger partial charge < -0.3 is 20.3 Å². The van der Waals surface area contributed by atoms with E-state index >= 15 is 0 Å². The van der Waals surface area contributed by atoms with E-state index in [1.54, 1.807) is 0 Å². The molecule has 1 aromatic carbocycles. The molecule has 116 valence electrons. The van der Waals surface area contributed by atoms with Crippen LogP contribution in [0.15, 0.2) is 18.2 Å². The lowest BCUT2D eigenvalue weighted by atomic mass is 10.1. The molecule has 0 bridgehead atoms. The van der Waals surface area contributed by atoms with Gasteiger partial charge in [-0.2, -0.15) is 0 Å². The molecule has 0 fully saturated rings. The number of nitrogens with one attached hydrogen (secondary N) is 1. The second-order valence-corrected chi connectivity index (χ2v) is 4.79. The van der Waals surface area contributed by atoms with E-state index in [9.17, 15) is 9.59 Å². The maximum absolute atomic E-state index is 11.5. The van der Waals surface area contributed by atoms with Crippen LogP contribution in [-0.4, -0.2) is 41.3 Å². The SMILES string of the molecule is Cc1cccc(OCCC(=O)NCCC(O)C(=O)O)c1C. The third-order valence-electron chi connectivity index (χ3n) is 3.17. The lowest BCUT2D eigenvalue weighted by molar-refractivity contribution is -0.147. The number of aliphatic hydroxyl groups is 1. The number of aliphatic carboxylic acids is 1. The lowest BCUT2D eigenvalue weighted by Crippen LogP contribution is -2.30. The van der Waals surface area contributed by atoms with Crippen LogP contribution in [0.4, 0.5) is 0 Å². The smallest absolute Gasteiger partial charge is 0.332 e. The molecule has 1 aromatic rings. The Bertz CT molecular complexity index is 501. The monoisotopic (exact) mass is 295 g/mol. The van der Waals surface area contributed by atoms with E-state index in [1.807, 2.05) is 32.0 Å². The molecule has 1 rings (SSSR count). The van der Waals surface area contributed by atoms with Crippen molar-refractivity contribution in [1.82, 2.24) is 5.32 Å². The highest BCUT2D eigenvalue weighted by Gasteiger charge is 2.12. The van der Waals surface area contributed by atoms with Gasteiger partial charge in [0.2, 0.25) is 5.91 Å². The molecular weight excluding hydrogens is 274 g/mol. The van der Waals surface area contributed by atoms with E-state index in [2.05, 4.69) is 5.32 Å². The van der Waals surface area contributed by atoms with E-state index in [1.165, 1.54) is 0 Å². The van der Waals surface area contributed by atoms with Gasteiger partial charge in [-0.25, -0.2) is 4.79 Å². The summed E-state index contributed by atoms with van der Waals surface area (Å²) in [5.74, 6) is -0.774. The number of amides is 1. The van der Waals surface area contributed by atoms with Crippen molar-refractivity contribution in [3.63, 3.8) is 0 Å². The highest BCUT2D eigenvalue weighted by molar-refractivity contribution is 5.76. The first-order valence-electron chi connectivity index (χ1n) is 6.78. The quantitative estimate of drug-likeness (QED) is 0.665. The molecule has 1 unspecified atom stereocenters. The molecule has 0 saturated heterocycles. The van der Waals surface area contributed by atoms with Gasteiger partial charge in [0, 0.05) is 13.0 Å². The van der Waals surface area contributed by atoms with Gasteiger partial charge in [-0.15, -0.1) is 0 Å². The molecule has 0 aliphatic heterocycles. The van der Waals surface area contributed by atoms with Crippen LogP contribution in [0.5, 0.6) is 5.75 Å². The average molecular weight is 295 g/mol. The van der Waals surface area contributed by atoms with Gasteiger partial charge in [0.05, 0.1) is 13.0 Å². The highest BCUT2D eigenvalue weighted by atomic mass is 16.5. The molecule has 0 aliphatic carbocycles. The second kappa shape index (κ2) is 8.26. The van der Waals surface area contributed by atoms with Crippen molar-refractivity contribution in [2.75, 3.05) is 13.2 Å². The summed E-state index contributed by atoms with van der Waals surface area (Å²) in [6.07, 6.45) is -1.29. The zero-order valence-corrected chi connectivity index (χ0v) is 12.3. The van der Waals surface area contributed by atoms with E-state index in [0.717, 1.165) is 16.9 Å². The molecule has 6 heteroatoms. The first kappa shape index (κ1) is 17.0. The van der Waals surface area contributed by atoms with E-state index < -0.39 is 12.1 Å². The van der Waals surface area contributed by atoms with Gasteiger partial charge in [0.15, 0.2) is 6.10 Å². The van der Waals surface area contributed by atoms with Crippen LogP contribution >= 0.6 is 0 Å². The van der Waals surface area contributed by atoms with Crippen molar-refractivity contribution in [2.24, 2.45) is 0 Å². The minimum absolute atomic E-state index is 0.0150. The number of carboxylic acid groups (broad SMARTS) is 1. The summed E-state index contributed by atoms with van der Waals surface area (Å²) in [5, 5.41) is 20.1. The van der Waals surface area contributed by atoms with E-state index in [0.29, 0.717) is 0 Å². The number of hydrogen-bond donors (Lipinski definition) is 3. The Morgan fingerprint density at radius 1 is 1.33 bits per heavy atom. The van der Waals surface area contributed by atoms with Gasteiger partial charge in [-0.05, 0) is 31.0 Å². The summed E-state index contributed by atoms with van der Waals surface area (Å²) in [7, 11) is 0. The summed E-state index contributed by atoms with van der Waals surface area (Å²) in [5.41, 5.74) is 2.17. The number of carboxylic acids is 1. The fourth-order valence-corrected chi connectivity index (χ4v) is 1.69. The second-order valence-electron chi connectivity index (χ2n) is 4.79. The van der Waals surface area contributed by atoms with Gasteiger partial charge >= 0.3 is 5.97 Å². The van der Waals surface area contributed by atoms with Crippen molar-refractivity contribution in [1.29, 1.82) is 0 Å². The van der Waals surface area contributed by atoms with Crippen LogP contribution in [0.25, 0.3) is 0 Å². The predicted octanol–water partition coefficient (Wildman–Crippen LogP) is 1.02. The molecule has 1 amide bonds. The fourth-order valence-electron chi connectivity index (χ4n) is 1.69. The Morgan fingerprint density at radius 3 is 2.71 bits per heavy atom. The number of rotatable bonds is 8. The number of carbonyl (C=O) groups excluding carboxylic acids is 1. The fraction of sp³-hybridized carbons (Fsp3) is 0.467. The van der Waals surface area contributed by atoms with Crippen molar-refractivity contribution in [3.05, 3.63) is 29.3 Å². The Kier molecular flexibility index (Phi) is 6.68. The average Bonchev–Trinajstić information content (AvgIpc) is 2.43. The molecule has 3 N–H and O–H groups in total. The molecule has 6 nitrogen and oxygen atoms in total. The number of ether oxygens (including phenoxy) is 1. The van der Waals surface area contributed by atoms with Gasteiger partial charge in [0.25, 0.3) is 0 Å². The number of carbonyl (C=O) groups is 2. The maximum atomic E-state index is 11.5. The Balaban J connectivity index is 2.25. The van der Waals surface area contributed by atoms with Crippen LogP contribution in [0, 0.1) is 13.8 Å². The number of aryl methyl sites for hydroxylation is 1. The van der Waals surface area contributed by atoms with Crippen LogP contribution in [-0.2, 0) is 9.59 Å². The summed E-state index contributed by atoms with van der Waals surface area (Å²) >= 11 is 0. The summed E-state index contributed by atoms with van der Waals surface area (Å²) in [6, 6.07) is 5.73. The zero-order chi connectivity index (χ0) is 15.8. The standard InChI is InChI=1S/C15H21NO5/c1-10-4-3-5-13(11(10)2)21-9-7-14(18)16-8-6-12(17)15(19)20/h3-5,12,17H,6-9H2,1-2H3,(H,16,18)(H,19,20). The van der Waals surface area contributed by atoms with E-state index in [4.69, 9.17) is 14.9 Å². The molecule has 0 radical (unpaired) electrons. The molecule has 0 spiro atoms. The van der Waals surface area contributed by atoms with Crippen LogP contribution in [0.1, 0.15) is 24.0 Å². The van der Waals surface area contributed by atoms with Gasteiger partial charge in [-0.3, -0.25) is 4.79 Å². The minimum Gasteiger partial charge on any atom is -0.493 e. The maximum Gasteiger partial charge on any atom is 0.332 e. The first-order chi connectivity index (χ1) is 9.91. The Morgan fingerprint density at radius 2 is 2.05 bits per heavy atom. The van der Waals surface area contributed by atoms with Crippen LogP contribution < -0.4 is 10.1 Å². The molecule has 21 heavy (non-hydrogen) atoms. The van der Waals surface area contributed by atoms with Crippen molar-refractivity contribution >= 4 is 11.9 Å². The van der Waals surface area contributed by atoms with Gasteiger partial charge in [-0.1, -0.05) is 12.1 Å². The number of benzene rings is 1. The molecule has 1 atom stereocenters. The summed E-state index contributed by atoms with van der Waals surface area (Å²) < 4.78 is 5.55. The number of hydrogen-bond acceptors (Lipinski definition) is 4. The summed E-state index contributed by atoms with van der Waals surface area (Å²) in [6.45, 7) is 4.31. The first-order valence-corrected chi connectivity index (χ1v) is 6.78. The molecule has 0 aromatic heterocycles. The third-order valence-corrected chi connectivity index (χ3v) is 3.17. The molecular formula is C15H21NO5. The van der Waals surface area contributed by atoms with Crippen molar-refractivity contribution < 1.29 is 24.5 Å². The Labute approximate surface area is 123 Å². The number of aliphatic hydroxyl groups excluding tert-OH is 1. The lowest BCUT2D eigenvalue weighted by Gasteiger charge is -2.11.